The van der Waals surface area contributed by atoms with E-state index in [1.54, 1.807) is 0 Å². The Morgan fingerprint density at radius 3 is 2.40 bits per heavy atom. The van der Waals surface area contributed by atoms with E-state index in [9.17, 15) is 4.79 Å². The monoisotopic (exact) mass is 295 g/mol. The number of nitrogens with one attached hydrogen (secondary N) is 1. The van der Waals surface area contributed by atoms with Gasteiger partial charge in [0.05, 0.1) is 5.41 Å². The number of halogens is 1. The van der Waals surface area contributed by atoms with E-state index in [1.165, 1.54) is 0 Å². The molecule has 2 rings (SSSR count). The van der Waals surface area contributed by atoms with Crippen molar-refractivity contribution in [2.75, 3.05) is 6.61 Å². The summed E-state index contributed by atoms with van der Waals surface area (Å²) in [7, 11) is 0. The summed E-state index contributed by atoms with van der Waals surface area (Å²) in [6.45, 7) is 4.21. The SMILES string of the molecule is CC(C)C(CCO)NC(=O)C1(c2ccc(Cl)cc2)CC1. The molecule has 1 unspecified atom stereocenters. The van der Waals surface area contributed by atoms with Gasteiger partial charge in [-0.15, -0.1) is 0 Å². The molecule has 1 aliphatic rings. The van der Waals surface area contributed by atoms with Crippen molar-refractivity contribution in [2.45, 2.75) is 44.6 Å². The molecule has 3 nitrogen and oxygen atoms in total. The Bertz CT molecular complexity index is 466. The van der Waals surface area contributed by atoms with Gasteiger partial charge in [-0.3, -0.25) is 4.79 Å². The fourth-order valence-corrected chi connectivity index (χ4v) is 2.68. The maximum absolute atomic E-state index is 12.6. The zero-order valence-electron chi connectivity index (χ0n) is 12.0. The van der Waals surface area contributed by atoms with Gasteiger partial charge in [0.2, 0.25) is 5.91 Å². The zero-order chi connectivity index (χ0) is 14.8. The van der Waals surface area contributed by atoms with Crippen molar-refractivity contribution in [1.29, 1.82) is 0 Å². The van der Waals surface area contributed by atoms with Crippen LogP contribution in [0.15, 0.2) is 24.3 Å². The van der Waals surface area contributed by atoms with E-state index in [0.29, 0.717) is 17.4 Å². The summed E-state index contributed by atoms with van der Waals surface area (Å²) in [5.41, 5.74) is 0.651. The molecule has 0 radical (unpaired) electrons. The van der Waals surface area contributed by atoms with E-state index >= 15 is 0 Å². The molecule has 0 bridgehead atoms. The maximum Gasteiger partial charge on any atom is 0.230 e. The predicted molar refractivity (Wildman–Crippen MR) is 80.8 cm³/mol. The molecule has 0 spiro atoms. The van der Waals surface area contributed by atoms with Crippen LogP contribution in [0.3, 0.4) is 0 Å². The minimum Gasteiger partial charge on any atom is -0.396 e. The van der Waals surface area contributed by atoms with Crippen LogP contribution in [0.1, 0.15) is 38.7 Å². The second-order valence-electron chi connectivity index (χ2n) is 5.93. The van der Waals surface area contributed by atoms with Gasteiger partial charge >= 0.3 is 0 Å². The Morgan fingerprint density at radius 1 is 1.35 bits per heavy atom. The molecule has 1 aliphatic carbocycles. The van der Waals surface area contributed by atoms with Gasteiger partial charge in [0.15, 0.2) is 0 Å². The molecule has 1 aromatic carbocycles. The lowest BCUT2D eigenvalue weighted by atomic mass is 9.93. The molecule has 2 N–H and O–H groups in total. The third-order valence-corrected chi connectivity index (χ3v) is 4.39. The number of aliphatic hydroxyl groups excluding tert-OH is 1. The van der Waals surface area contributed by atoms with Gasteiger partial charge in [-0.25, -0.2) is 0 Å². The van der Waals surface area contributed by atoms with Crippen LogP contribution in [-0.2, 0) is 10.2 Å². The first-order chi connectivity index (χ1) is 9.49. The van der Waals surface area contributed by atoms with E-state index in [1.807, 2.05) is 24.3 Å². The molecule has 1 atom stereocenters. The van der Waals surface area contributed by atoms with Crippen molar-refractivity contribution in [3.05, 3.63) is 34.9 Å². The smallest absolute Gasteiger partial charge is 0.230 e. The summed E-state index contributed by atoms with van der Waals surface area (Å²) in [4.78, 5) is 12.6. The first kappa shape index (κ1) is 15.3. The molecule has 1 fully saturated rings. The van der Waals surface area contributed by atoms with Crippen LogP contribution in [0.2, 0.25) is 5.02 Å². The van der Waals surface area contributed by atoms with E-state index < -0.39 is 0 Å². The van der Waals surface area contributed by atoms with Gasteiger partial charge in [0.1, 0.15) is 0 Å². The zero-order valence-corrected chi connectivity index (χ0v) is 12.8. The van der Waals surface area contributed by atoms with Crippen LogP contribution >= 0.6 is 11.6 Å². The lowest BCUT2D eigenvalue weighted by Gasteiger charge is -2.25. The molecule has 0 saturated heterocycles. The number of carbonyl (C=O) groups excluding carboxylic acids is 1. The van der Waals surface area contributed by atoms with Crippen molar-refractivity contribution in [1.82, 2.24) is 5.32 Å². The highest BCUT2D eigenvalue weighted by Crippen LogP contribution is 2.48. The Kier molecular flexibility index (Phi) is 4.71. The lowest BCUT2D eigenvalue weighted by molar-refractivity contribution is -0.124. The maximum atomic E-state index is 12.6. The van der Waals surface area contributed by atoms with E-state index in [-0.39, 0.29) is 24.0 Å². The van der Waals surface area contributed by atoms with E-state index in [2.05, 4.69) is 19.2 Å². The second-order valence-corrected chi connectivity index (χ2v) is 6.36. The normalized spacial score (nSPS) is 17.9. The fourth-order valence-electron chi connectivity index (χ4n) is 2.56. The molecule has 1 amide bonds. The average molecular weight is 296 g/mol. The highest BCUT2D eigenvalue weighted by atomic mass is 35.5. The Balaban J connectivity index is 2.10. The summed E-state index contributed by atoms with van der Waals surface area (Å²) in [5.74, 6) is 0.388. The van der Waals surface area contributed by atoms with Gasteiger partial charge in [0, 0.05) is 17.7 Å². The highest BCUT2D eigenvalue weighted by Gasteiger charge is 2.51. The number of hydrogen-bond donors (Lipinski definition) is 2. The quantitative estimate of drug-likeness (QED) is 0.848. The molecular weight excluding hydrogens is 274 g/mol. The van der Waals surface area contributed by atoms with Crippen LogP contribution in [0.25, 0.3) is 0 Å². The van der Waals surface area contributed by atoms with E-state index in [4.69, 9.17) is 16.7 Å². The topological polar surface area (TPSA) is 49.3 Å². The third-order valence-electron chi connectivity index (χ3n) is 4.14. The van der Waals surface area contributed by atoms with Crippen molar-refractivity contribution in [3.63, 3.8) is 0 Å². The first-order valence-electron chi connectivity index (χ1n) is 7.17. The summed E-state index contributed by atoms with van der Waals surface area (Å²) < 4.78 is 0. The summed E-state index contributed by atoms with van der Waals surface area (Å²) in [6, 6.07) is 7.56. The van der Waals surface area contributed by atoms with Crippen molar-refractivity contribution >= 4 is 17.5 Å². The van der Waals surface area contributed by atoms with Crippen LogP contribution in [0.5, 0.6) is 0 Å². The van der Waals surface area contributed by atoms with Crippen LogP contribution in [0, 0.1) is 5.92 Å². The number of rotatable bonds is 6. The van der Waals surface area contributed by atoms with Crippen LogP contribution in [0.4, 0.5) is 0 Å². The fraction of sp³-hybridized carbons (Fsp3) is 0.562. The molecule has 110 valence electrons. The Morgan fingerprint density at radius 2 is 1.95 bits per heavy atom. The number of hydrogen-bond acceptors (Lipinski definition) is 2. The van der Waals surface area contributed by atoms with E-state index in [0.717, 1.165) is 18.4 Å². The molecule has 20 heavy (non-hydrogen) atoms. The van der Waals surface area contributed by atoms with Gasteiger partial charge in [-0.2, -0.15) is 0 Å². The number of benzene rings is 1. The molecule has 4 heteroatoms. The van der Waals surface area contributed by atoms with Crippen LogP contribution < -0.4 is 5.32 Å². The Hall–Kier alpha value is -1.06. The third kappa shape index (κ3) is 3.15. The number of aliphatic hydroxyl groups is 1. The second kappa shape index (κ2) is 6.15. The van der Waals surface area contributed by atoms with Gasteiger partial charge in [-0.1, -0.05) is 37.6 Å². The van der Waals surface area contributed by atoms with Crippen molar-refractivity contribution in [3.8, 4) is 0 Å². The minimum absolute atomic E-state index is 0.0253. The van der Waals surface area contributed by atoms with Crippen LogP contribution in [-0.4, -0.2) is 23.7 Å². The van der Waals surface area contributed by atoms with Gasteiger partial charge < -0.3 is 10.4 Å². The first-order valence-corrected chi connectivity index (χ1v) is 7.55. The summed E-state index contributed by atoms with van der Waals surface area (Å²) in [6.07, 6.45) is 2.36. The molecule has 1 aromatic rings. The van der Waals surface area contributed by atoms with Gasteiger partial charge in [-0.05, 0) is 42.9 Å². The predicted octanol–water partition coefficient (Wildman–Crippen LogP) is 2.89. The Labute approximate surface area is 125 Å². The number of carbonyl (C=O) groups is 1. The van der Waals surface area contributed by atoms with Crippen molar-refractivity contribution < 1.29 is 9.90 Å². The highest BCUT2D eigenvalue weighted by molar-refractivity contribution is 6.30. The average Bonchev–Trinajstić information content (AvgIpc) is 3.20. The molecule has 1 saturated carbocycles. The minimum atomic E-state index is -0.382. The number of amides is 1. The molecular formula is C16H22ClNO2. The van der Waals surface area contributed by atoms with Crippen molar-refractivity contribution in [2.24, 2.45) is 5.92 Å². The largest absolute Gasteiger partial charge is 0.396 e. The summed E-state index contributed by atoms with van der Waals surface area (Å²) in [5, 5.41) is 12.9. The molecule has 0 aliphatic heterocycles. The lowest BCUT2D eigenvalue weighted by Crippen LogP contribution is -2.44. The molecule has 0 heterocycles. The summed E-state index contributed by atoms with van der Waals surface area (Å²) >= 11 is 5.90. The van der Waals surface area contributed by atoms with Gasteiger partial charge in [0.25, 0.3) is 0 Å². The molecule has 0 aromatic heterocycles. The standard InChI is InChI=1S/C16H22ClNO2/c1-11(2)14(7-10-19)18-15(20)16(8-9-16)12-3-5-13(17)6-4-12/h3-6,11,14,19H,7-10H2,1-2H3,(H,18,20).